The zero-order valence-corrected chi connectivity index (χ0v) is 14.4. The maximum atomic E-state index is 12.5. The average molecular weight is 329 g/mol. The molecule has 1 atom stereocenters. The summed E-state index contributed by atoms with van der Waals surface area (Å²) in [7, 11) is 1.88. The van der Waals surface area contributed by atoms with Crippen LogP contribution in [0.5, 0.6) is 0 Å². The van der Waals surface area contributed by atoms with Crippen molar-refractivity contribution in [2.45, 2.75) is 44.2 Å². The summed E-state index contributed by atoms with van der Waals surface area (Å²) in [5.74, 6) is 0.299. The van der Waals surface area contributed by atoms with Crippen LogP contribution in [0.4, 0.5) is 0 Å². The van der Waals surface area contributed by atoms with Crippen LogP contribution in [0.2, 0.25) is 0 Å². The van der Waals surface area contributed by atoms with Crippen LogP contribution >= 0.6 is 0 Å². The molecule has 0 aromatic heterocycles. The van der Waals surface area contributed by atoms with E-state index >= 15 is 0 Å². The lowest BCUT2D eigenvalue weighted by Crippen LogP contribution is -2.53. The monoisotopic (exact) mass is 329 g/mol. The van der Waals surface area contributed by atoms with E-state index in [0.29, 0.717) is 19.1 Å². The zero-order chi connectivity index (χ0) is 17.1. The smallest absolute Gasteiger partial charge is 0.253 e. The summed E-state index contributed by atoms with van der Waals surface area (Å²) in [6, 6.07) is 9.30. The molecule has 5 heteroatoms. The van der Waals surface area contributed by atoms with Crippen molar-refractivity contribution < 1.29 is 9.59 Å². The molecule has 1 heterocycles. The van der Waals surface area contributed by atoms with Crippen molar-refractivity contribution in [2.75, 3.05) is 20.1 Å². The summed E-state index contributed by atoms with van der Waals surface area (Å²) < 4.78 is 0. The lowest BCUT2D eigenvalue weighted by Gasteiger charge is -2.39. The quantitative estimate of drug-likeness (QED) is 0.917. The molecule has 130 valence electrons. The number of amides is 2. The van der Waals surface area contributed by atoms with Crippen molar-refractivity contribution >= 4 is 11.8 Å². The van der Waals surface area contributed by atoms with Gasteiger partial charge in [0.25, 0.3) is 5.91 Å². The van der Waals surface area contributed by atoms with E-state index in [1.807, 2.05) is 47.2 Å². The fourth-order valence-electron chi connectivity index (χ4n) is 3.62. The number of piperidine rings is 1. The number of nitrogens with zero attached hydrogens (tertiary/aromatic N) is 2. The minimum absolute atomic E-state index is 0.0625. The number of hydrogen-bond acceptors (Lipinski definition) is 3. The normalized spacial score (nSPS) is 20.3. The zero-order valence-electron chi connectivity index (χ0n) is 14.4. The highest BCUT2D eigenvalue weighted by atomic mass is 16.2. The van der Waals surface area contributed by atoms with Gasteiger partial charge in [0.05, 0.1) is 6.04 Å². The Morgan fingerprint density at radius 3 is 2.29 bits per heavy atom. The lowest BCUT2D eigenvalue weighted by molar-refractivity contribution is -0.136. The number of hydrogen-bond donors (Lipinski definition) is 1. The summed E-state index contributed by atoms with van der Waals surface area (Å²) in [6.07, 6.45) is 4.99. The minimum Gasteiger partial charge on any atom is -0.341 e. The second kappa shape index (κ2) is 7.34. The minimum atomic E-state index is -0.440. The van der Waals surface area contributed by atoms with E-state index in [1.54, 1.807) is 0 Å². The van der Waals surface area contributed by atoms with Crippen LogP contribution in [0, 0.1) is 5.92 Å². The molecule has 3 rings (SSSR count). The van der Waals surface area contributed by atoms with Crippen molar-refractivity contribution in [3.05, 3.63) is 35.9 Å². The van der Waals surface area contributed by atoms with Gasteiger partial charge < -0.3 is 15.5 Å². The number of likely N-dealkylation sites (tertiary alicyclic amines) is 1. The molecule has 1 unspecified atom stereocenters. The van der Waals surface area contributed by atoms with Gasteiger partial charge in [-0.1, -0.05) is 18.2 Å². The van der Waals surface area contributed by atoms with Crippen LogP contribution in [0.1, 0.15) is 42.5 Å². The number of nitrogens with two attached hydrogens (primary N) is 1. The molecule has 1 saturated carbocycles. The van der Waals surface area contributed by atoms with Gasteiger partial charge in [-0.25, -0.2) is 0 Å². The Morgan fingerprint density at radius 1 is 1.12 bits per heavy atom. The average Bonchev–Trinajstić information content (AvgIpc) is 2.59. The van der Waals surface area contributed by atoms with Crippen molar-refractivity contribution in [1.82, 2.24) is 9.80 Å². The number of likely N-dealkylation sites (N-methyl/N-ethyl adjacent to an activating group) is 1. The summed E-state index contributed by atoms with van der Waals surface area (Å²) >= 11 is 0. The summed E-state index contributed by atoms with van der Waals surface area (Å²) in [5.41, 5.74) is 6.97. The van der Waals surface area contributed by atoms with E-state index in [9.17, 15) is 9.59 Å². The molecule has 1 aromatic carbocycles. The third kappa shape index (κ3) is 3.46. The first-order valence-electron chi connectivity index (χ1n) is 8.94. The van der Waals surface area contributed by atoms with Crippen LogP contribution in [0.3, 0.4) is 0 Å². The Bertz CT molecular complexity index is 578. The fraction of sp³-hybridized carbons (Fsp3) is 0.579. The molecule has 2 amide bonds. The van der Waals surface area contributed by atoms with Crippen molar-refractivity contribution in [3.8, 4) is 0 Å². The molecule has 1 aliphatic heterocycles. The molecule has 0 bridgehead atoms. The highest BCUT2D eigenvalue weighted by molar-refractivity contribution is 5.94. The van der Waals surface area contributed by atoms with Gasteiger partial charge in [-0.05, 0) is 50.2 Å². The molecule has 1 saturated heterocycles. The largest absolute Gasteiger partial charge is 0.341 e. The molecule has 2 N–H and O–H groups in total. The second-order valence-electron chi connectivity index (χ2n) is 7.06. The summed E-state index contributed by atoms with van der Waals surface area (Å²) in [6.45, 7) is 1.35. The summed E-state index contributed by atoms with van der Waals surface area (Å²) in [4.78, 5) is 28.7. The topological polar surface area (TPSA) is 66.6 Å². The molecule has 0 radical (unpaired) electrons. The molecule has 5 nitrogen and oxygen atoms in total. The van der Waals surface area contributed by atoms with Crippen molar-refractivity contribution in [1.29, 1.82) is 0 Å². The second-order valence-corrected chi connectivity index (χ2v) is 7.06. The Kier molecular flexibility index (Phi) is 5.19. The molecule has 0 spiro atoms. The molecule has 2 aliphatic rings. The van der Waals surface area contributed by atoms with Gasteiger partial charge in [-0.2, -0.15) is 0 Å². The van der Waals surface area contributed by atoms with Gasteiger partial charge in [0.1, 0.15) is 0 Å². The predicted octanol–water partition coefficient (Wildman–Crippen LogP) is 1.88. The molecule has 1 aliphatic carbocycles. The van der Waals surface area contributed by atoms with Crippen LogP contribution in [-0.4, -0.2) is 53.8 Å². The number of rotatable bonds is 4. The van der Waals surface area contributed by atoms with E-state index in [-0.39, 0.29) is 17.7 Å². The lowest BCUT2D eigenvalue weighted by atomic mass is 9.87. The molecule has 24 heavy (non-hydrogen) atoms. The van der Waals surface area contributed by atoms with Crippen molar-refractivity contribution in [3.63, 3.8) is 0 Å². The van der Waals surface area contributed by atoms with Crippen LogP contribution in [0.25, 0.3) is 0 Å². The molecular weight excluding hydrogens is 302 g/mol. The predicted molar refractivity (Wildman–Crippen MR) is 93.5 cm³/mol. The number of benzene rings is 1. The maximum absolute atomic E-state index is 12.5. The van der Waals surface area contributed by atoms with Gasteiger partial charge in [0.15, 0.2) is 0 Å². The van der Waals surface area contributed by atoms with Crippen LogP contribution in [0.15, 0.2) is 30.3 Å². The van der Waals surface area contributed by atoms with Gasteiger partial charge in [-0.3, -0.25) is 9.59 Å². The first kappa shape index (κ1) is 17.0. The van der Waals surface area contributed by atoms with E-state index in [2.05, 4.69) is 0 Å². The summed E-state index contributed by atoms with van der Waals surface area (Å²) in [5, 5.41) is 0. The van der Waals surface area contributed by atoms with E-state index < -0.39 is 6.04 Å². The Hall–Kier alpha value is -1.88. The third-order valence-electron chi connectivity index (χ3n) is 5.61. The highest BCUT2D eigenvalue weighted by Crippen LogP contribution is 2.27. The van der Waals surface area contributed by atoms with Gasteiger partial charge in [-0.15, -0.1) is 0 Å². The molecule has 1 aromatic rings. The highest BCUT2D eigenvalue weighted by Gasteiger charge is 2.34. The SMILES string of the molecule is CN(C(=O)C(N)C1CCN(C(=O)c2ccccc2)CC1)C1CCC1. The number of carbonyl (C=O) groups is 2. The first-order chi connectivity index (χ1) is 11.6. The van der Waals surface area contributed by atoms with Gasteiger partial charge in [0.2, 0.25) is 5.91 Å². The van der Waals surface area contributed by atoms with Gasteiger partial charge >= 0.3 is 0 Å². The molecule has 2 fully saturated rings. The molecular formula is C19H27N3O2. The Morgan fingerprint density at radius 2 is 1.75 bits per heavy atom. The fourth-order valence-corrected chi connectivity index (χ4v) is 3.62. The van der Waals surface area contributed by atoms with Gasteiger partial charge in [0, 0.05) is 31.7 Å². The number of carbonyl (C=O) groups excluding carboxylic acids is 2. The van der Waals surface area contributed by atoms with Crippen LogP contribution in [-0.2, 0) is 4.79 Å². The maximum Gasteiger partial charge on any atom is 0.253 e. The third-order valence-corrected chi connectivity index (χ3v) is 5.61. The van der Waals surface area contributed by atoms with Crippen molar-refractivity contribution in [2.24, 2.45) is 11.7 Å². The Labute approximate surface area is 143 Å². The van der Waals surface area contributed by atoms with E-state index in [4.69, 9.17) is 5.73 Å². The first-order valence-corrected chi connectivity index (χ1v) is 8.94. The van der Waals surface area contributed by atoms with Crippen LogP contribution < -0.4 is 5.73 Å². The Balaban J connectivity index is 1.52. The van der Waals surface area contributed by atoms with E-state index in [0.717, 1.165) is 31.2 Å². The van der Waals surface area contributed by atoms with E-state index in [1.165, 1.54) is 6.42 Å². The standard InChI is InChI=1S/C19H27N3O2/c1-21(16-8-5-9-16)19(24)17(20)14-10-12-22(13-11-14)18(23)15-6-3-2-4-7-15/h2-4,6-7,14,16-17H,5,8-13,20H2,1H3.